The van der Waals surface area contributed by atoms with E-state index in [0.717, 1.165) is 11.1 Å². The normalized spacial score (nSPS) is 15.9. The van der Waals surface area contributed by atoms with Crippen LogP contribution in [-0.4, -0.2) is 14.5 Å². The van der Waals surface area contributed by atoms with Crippen LogP contribution in [0.3, 0.4) is 0 Å². The molecule has 0 radical (unpaired) electrons. The topological polar surface area (TPSA) is 47.7 Å². The summed E-state index contributed by atoms with van der Waals surface area (Å²) in [4.78, 5) is 8.24. The number of hydrogen-bond donors (Lipinski definition) is 0. The molecule has 5 nitrogen and oxygen atoms in total. The highest BCUT2D eigenvalue weighted by Crippen LogP contribution is 2.34. The Bertz CT molecular complexity index is 1090. The van der Waals surface area contributed by atoms with Gasteiger partial charge in [0.05, 0.1) is 22.0 Å². The molecule has 5 heteroatoms. The molecule has 4 aromatic rings. The summed E-state index contributed by atoms with van der Waals surface area (Å²) in [6.45, 7) is -1.76. The average molecular weight is 266 g/mol. The zero-order valence-electron chi connectivity index (χ0n) is 13.4. The third-order valence-corrected chi connectivity index (χ3v) is 3.86. The van der Waals surface area contributed by atoms with E-state index in [2.05, 4.69) is 9.97 Å². The number of hydrogen-bond acceptors (Lipinski definition) is 3. The molecule has 0 spiro atoms. The van der Waals surface area contributed by atoms with Crippen LogP contribution in [0.25, 0.3) is 33.6 Å². The standard InChI is InChI=1S/C15H11N4O/c1-18-12-3-5-17-7-11(12)13-14(18)19-8-9-6-16-4-2-10(9)15(19)20-13/h2-7H,8H2,1H3/q+1/i1D3. The molecule has 0 aromatic carbocycles. The molecule has 5 rings (SSSR count). The Kier molecular flexibility index (Phi) is 1.27. The second-order valence-corrected chi connectivity index (χ2v) is 4.91. The van der Waals surface area contributed by atoms with Gasteiger partial charge in [-0.25, -0.2) is 4.57 Å². The van der Waals surface area contributed by atoms with Crippen LogP contribution in [0.2, 0.25) is 0 Å². The van der Waals surface area contributed by atoms with Gasteiger partial charge in [-0.2, -0.15) is 4.57 Å². The predicted octanol–water partition coefficient (Wildman–Crippen LogP) is 2.03. The molecule has 0 atom stereocenters. The SMILES string of the molecule is [2H]C([2H])([2H])n1c2ccncc2c2oc3[n+](c21)Cc1cnccc1-3. The van der Waals surface area contributed by atoms with Gasteiger partial charge >= 0.3 is 5.65 Å². The molecular formula is C15H11N4O+. The Morgan fingerprint density at radius 3 is 3.15 bits per heavy atom. The first-order chi connectivity index (χ1) is 11.1. The maximum atomic E-state index is 7.92. The minimum atomic E-state index is -2.31. The molecule has 5 heterocycles. The Balaban J connectivity index is 1.97. The number of oxazole rings is 1. The minimum absolute atomic E-state index is 0.547. The zero-order valence-corrected chi connectivity index (χ0v) is 10.4. The minimum Gasteiger partial charge on any atom is -0.413 e. The van der Waals surface area contributed by atoms with Crippen LogP contribution in [0.5, 0.6) is 0 Å². The van der Waals surface area contributed by atoms with Crippen molar-refractivity contribution in [1.29, 1.82) is 0 Å². The van der Waals surface area contributed by atoms with Crippen LogP contribution in [0.4, 0.5) is 0 Å². The number of aromatic nitrogens is 4. The van der Waals surface area contributed by atoms with Gasteiger partial charge in [-0.05, 0) is 6.07 Å². The summed E-state index contributed by atoms with van der Waals surface area (Å²) < 4.78 is 33.1. The molecular weight excluding hydrogens is 252 g/mol. The van der Waals surface area contributed by atoms with Crippen molar-refractivity contribution in [2.45, 2.75) is 6.54 Å². The van der Waals surface area contributed by atoms with Crippen LogP contribution in [-0.2, 0) is 13.5 Å². The Morgan fingerprint density at radius 2 is 2.20 bits per heavy atom. The van der Waals surface area contributed by atoms with Crippen LogP contribution in [0.15, 0.2) is 41.3 Å². The number of fused-ring (bicyclic) bond motifs is 7. The maximum Gasteiger partial charge on any atom is 0.329 e. The fourth-order valence-corrected chi connectivity index (χ4v) is 2.96. The second kappa shape index (κ2) is 3.25. The molecule has 0 amide bonds. The van der Waals surface area contributed by atoms with Crippen molar-refractivity contribution in [1.82, 2.24) is 14.5 Å². The molecule has 0 unspecified atom stereocenters. The molecule has 0 N–H and O–H groups in total. The lowest BCUT2D eigenvalue weighted by atomic mass is 10.2. The van der Waals surface area contributed by atoms with E-state index in [-0.39, 0.29) is 0 Å². The predicted molar refractivity (Wildman–Crippen MR) is 73.0 cm³/mol. The van der Waals surface area contributed by atoms with Crippen LogP contribution >= 0.6 is 0 Å². The van der Waals surface area contributed by atoms with E-state index in [1.165, 1.54) is 4.57 Å². The van der Waals surface area contributed by atoms with Gasteiger partial charge in [0.2, 0.25) is 5.58 Å². The largest absolute Gasteiger partial charge is 0.413 e. The van der Waals surface area contributed by atoms with Crippen molar-refractivity contribution >= 4 is 22.1 Å². The van der Waals surface area contributed by atoms with Crippen LogP contribution in [0, 0.1) is 0 Å². The summed E-state index contributed by atoms with van der Waals surface area (Å²) in [6.07, 6.45) is 6.73. The van der Waals surface area contributed by atoms with Gasteiger partial charge in [0.15, 0.2) is 0 Å². The molecule has 4 aromatic heterocycles. The number of pyridine rings is 2. The quantitative estimate of drug-likeness (QED) is 0.403. The lowest BCUT2D eigenvalue weighted by Crippen LogP contribution is -2.32. The molecule has 20 heavy (non-hydrogen) atoms. The Hall–Kier alpha value is -2.69. The molecule has 0 saturated heterocycles. The molecule has 0 fully saturated rings. The average Bonchev–Trinajstić information content (AvgIpc) is 3.13. The number of nitrogens with zero attached hydrogens (tertiary/aromatic N) is 4. The number of aryl methyl sites for hydroxylation is 1. The number of rotatable bonds is 0. The first-order valence-electron chi connectivity index (χ1n) is 7.80. The van der Waals surface area contributed by atoms with Gasteiger partial charge in [-0.15, -0.1) is 0 Å². The summed E-state index contributed by atoms with van der Waals surface area (Å²) in [5.41, 5.74) is 3.68. The summed E-state index contributed by atoms with van der Waals surface area (Å²) in [7, 11) is 0. The summed E-state index contributed by atoms with van der Waals surface area (Å²) in [6, 6.07) is 3.59. The van der Waals surface area contributed by atoms with E-state index in [4.69, 9.17) is 8.53 Å². The molecule has 1 aliphatic heterocycles. The Morgan fingerprint density at radius 1 is 1.30 bits per heavy atom. The maximum absolute atomic E-state index is 7.92. The monoisotopic (exact) mass is 266 g/mol. The molecule has 96 valence electrons. The fourth-order valence-electron chi connectivity index (χ4n) is 2.96. The van der Waals surface area contributed by atoms with Crippen molar-refractivity contribution in [3.63, 3.8) is 0 Å². The van der Waals surface area contributed by atoms with Crippen molar-refractivity contribution in [3.8, 4) is 11.5 Å². The van der Waals surface area contributed by atoms with Gasteiger partial charge in [0.25, 0.3) is 5.89 Å². The van der Waals surface area contributed by atoms with Crippen molar-refractivity contribution in [2.24, 2.45) is 6.98 Å². The molecule has 1 aliphatic rings. The molecule has 0 bridgehead atoms. The Labute approximate surface area is 118 Å². The smallest absolute Gasteiger partial charge is 0.329 e. The molecule has 0 aliphatic carbocycles. The summed E-state index contributed by atoms with van der Waals surface area (Å²) in [5, 5.41) is 0.705. The van der Waals surface area contributed by atoms with E-state index in [1.54, 1.807) is 30.9 Å². The highest BCUT2D eigenvalue weighted by Gasteiger charge is 2.34. The van der Waals surface area contributed by atoms with Crippen molar-refractivity contribution in [3.05, 3.63) is 42.5 Å². The zero-order chi connectivity index (χ0) is 15.8. The van der Waals surface area contributed by atoms with Gasteiger partial charge in [-0.3, -0.25) is 9.97 Å². The summed E-state index contributed by atoms with van der Waals surface area (Å²) >= 11 is 0. The van der Waals surface area contributed by atoms with E-state index >= 15 is 0 Å². The van der Waals surface area contributed by atoms with Crippen molar-refractivity contribution in [2.75, 3.05) is 0 Å². The first-order valence-corrected chi connectivity index (χ1v) is 6.30. The van der Waals surface area contributed by atoms with Crippen LogP contribution in [0.1, 0.15) is 9.68 Å². The third kappa shape index (κ3) is 1.02. The van der Waals surface area contributed by atoms with Crippen molar-refractivity contribution < 1.29 is 13.1 Å². The highest BCUT2D eigenvalue weighted by molar-refractivity contribution is 6.02. The highest BCUT2D eigenvalue weighted by atomic mass is 16.4. The van der Waals surface area contributed by atoms with Gasteiger partial charge in [-0.1, -0.05) is 0 Å². The van der Waals surface area contributed by atoms with E-state index < -0.39 is 6.98 Å². The first kappa shape index (κ1) is 7.79. The lowest BCUT2D eigenvalue weighted by molar-refractivity contribution is -0.652. The second-order valence-electron chi connectivity index (χ2n) is 4.91. The third-order valence-electron chi connectivity index (χ3n) is 3.86. The van der Waals surface area contributed by atoms with E-state index in [0.29, 0.717) is 34.6 Å². The lowest BCUT2D eigenvalue weighted by Gasteiger charge is -1.91. The van der Waals surface area contributed by atoms with Gasteiger partial charge in [0.1, 0.15) is 12.1 Å². The van der Waals surface area contributed by atoms with Crippen LogP contribution < -0.4 is 4.57 Å². The molecule has 0 saturated carbocycles. The fraction of sp³-hybridized carbons (Fsp3) is 0.133. The van der Waals surface area contributed by atoms with Gasteiger partial charge < -0.3 is 4.42 Å². The summed E-state index contributed by atoms with van der Waals surface area (Å²) in [5.74, 6) is 0.663. The van der Waals surface area contributed by atoms with E-state index in [1.807, 2.05) is 10.6 Å². The van der Waals surface area contributed by atoms with E-state index in [9.17, 15) is 0 Å². The van der Waals surface area contributed by atoms with Gasteiger partial charge in [0, 0.05) is 36.4 Å².